The summed E-state index contributed by atoms with van der Waals surface area (Å²) in [6.07, 6.45) is 9.04. The molecule has 0 bridgehead atoms. The highest BCUT2D eigenvalue weighted by Crippen LogP contribution is 2.16. The predicted molar refractivity (Wildman–Crippen MR) is 80.1 cm³/mol. The van der Waals surface area contributed by atoms with Gasteiger partial charge in [0.2, 0.25) is 0 Å². The number of nitrogens with zero attached hydrogens (tertiary/aromatic N) is 4. The maximum Gasteiger partial charge on any atom is 0.268 e. The van der Waals surface area contributed by atoms with Gasteiger partial charge in [-0.25, -0.2) is 4.98 Å². The highest BCUT2D eigenvalue weighted by Gasteiger charge is 2.23. The molecule has 1 aliphatic rings. The quantitative estimate of drug-likeness (QED) is 0.921. The van der Waals surface area contributed by atoms with Gasteiger partial charge in [0.05, 0.1) is 6.20 Å². The van der Waals surface area contributed by atoms with E-state index >= 15 is 0 Å². The van der Waals surface area contributed by atoms with Crippen molar-refractivity contribution in [2.45, 2.75) is 18.9 Å². The van der Waals surface area contributed by atoms with Gasteiger partial charge in [-0.15, -0.1) is 0 Å². The summed E-state index contributed by atoms with van der Waals surface area (Å²) in [7, 11) is 1.88. The molecule has 1 aliphatic heterocycles. The summed E-state index contributed by atoms with van der Waals surface area (Å²) in [5.74, 6) is 0.851. The number of aromatic nitrogens is 3. The summed E-state index contributed by atoms with van der Waals surface area (Å²) in [6.45, 7) is 1.73. The topological polar surface area (TPSA) is 63.1 Å². The first kappa shape index (κ1) is 13.6. The van der Waals surface area contributed by atoms with E-state index in [9.17, 15) is 4.79 Å². The molecule has 0 spiro atoms. The normalized spacial score (nSPS) is 18.5. The first-order valence-corrected chi connectivity index (χ1v) is 7.17. The molecule has 2 aromatic rings. The van der Waals surface area contributed by atoms with Crippen LogP contribution in [0.5, 0.6) is 0 Å². The Bertz CT molecular complexity index is 610. The van der Waals surface area contributed by atoms with Gasteiger partial charge in [-0.05, 0) is 25.0 Å². The van der Waals surface area contributed by atoms with E-state index in [4.69, 9.17) is 0 Å². The minimum absolute atomic E-state index is 0.0199. The highest BCUT2D eigenvalue weighted by molar-refractivity contribution is 5.92. The molecule has 21 heavy (non-hydrogen) atoms. The van der Waals surface area contributed by atoms with Gasteiger partial charge < -0.3 is 14.8 Å². The average molecular weight is 285 g/mol. The van der Waals surface area contributed by atoms with Crippen LogP contribution in [0.15, 0.2) is 36.9 Å². The zero-order chi connectivity index (χ0) is 14.7. The van der Waals surface area contributed by atoms with E-state index < -0.39 is 0 Å². The number of carbonyl (C=O) groups excluding carboxylic acids is 1. The Kier molecular flexibility index (Phi) is 3.85. The summed E-state index contributed by atoms with van der Waals surface area (Å²) in [4.78, 5) is 22.9. The molecule has 0 saturated carbocycles. The molecular formula is C15H19N5O. The van der Waals surface area contributed by atoms with Crippen LogP contribution in [-0.4, -0.2) is 39.6 Å². The number of piperidine rings is 1. The highest BCUT2D eigenvalue weighted by atomic mass is 16.2. The van der Waals surface area contributed by atoms with Crippen LogP contribution < -0.4 is 10.2 Å². The maximum atomic E-state index is 12.3. The van der Waals surface area contributed by atoms with Gasteiger partial charge in [-0.3, -0.25) is 9.78 Å². The lowest BCUT2D eigenvalue weighted by Crippen LogP contribution is -2.48. The SMILES string of the molecule is Cn1cccc1C(=O)N[C@H]1CCCN(c2cnccn2)C1. The van der Waals surface area contributed by atoms with E-state index in [1.807, 2.05) is 29.9 Å². The van der Waals surface area contributed by atoms with Crippen molar-refractivity contribution in [3.63, 3.8) is 0 Å². The van der Waals surface area contributed by atoms with Crippen LogP contribution in [0.2, 0.25) is 0 Å². The van der Waals surface area contributed by atoms with E-state index in [1.165, 1.54) is 0 Å². The molecule has 6 nitrogen and oxygen atoms in total. The standard InChI is InChI=1S/C15H19N5O/c1-19-8-3-5-13(19)15(21)18-12-4-2-9-20(11-12)14-10-16-6-7-17-14/h3,5-8,10,12H,2,4,9,11H2,1H3,(H,18,21)/t12-/m0/s1. The summed E-state index contributed by atoms with van der Waals surface area (Å²) < 4.78 is 1.83. The van der Waals surface area contributed by atoms with Gasteiger partial charge in [0.25, 0.3) is 5.91 Å². The lowest BCUT2D eigenvalue weighted by atomic mass is 10.1. The molecule has 1 atom stereocenters. The van der Waals surface area contributed by atoms with Crippen LogP contribution >= 0.6 is 0 Å². The van der Waals surface area contributed by atoms with Gasteiger partial charge in [-0.1, -0.05) is 0 Å². The molecule has 110 valence electrons. The Hall–Kier alpha value is -2.37. The van der Waals surface area contributed by atoms with Crippen molar-refractivity contribution in [1.82, 2.24) is 19.9 Å². The van der Waals surface area contributed by atoms with Crippen molar-refractivity contribution in [1.29, 1.82) is 0 Å². The number of carbonyl (C=O) groups is 1. The van der Waals surface area contributed by atoms with Crippen LogP contribution in [0.1, 0.15) is 23.3 Å². The summed E-state index contributed by atoms with van der Waals surface area (Å²) in [5.41, 5.74) is 0.687. The Labute approximate surface area is 123 Å². The molecule has 1 saturated heterocycles. The number of anilines is 1. The Morgan fingerprint density at radius 2 is 2.33 bits per heavy atom. The minimum atomic E-state index is -0.0199. The first-order valence-electron chi connectivity index (χ1n) is 7.17. The van der Waals surface area contributed by atoms with Crippen molar-refractivity contribution in [2.24, 2.45) is 7.05 Å². The van der Waals surface area contributed by atoms with Crippen LogP contribution in [0.3, 0.4) is 0 Å². The maximum absolute atomic E-state index is 12.3. The minimum Gasteiger partial charge on any atom is -0.353 e. The summed E-state index contributed by atoms with van der Waals surface area (Å²) in [5, 5.41) is 3.11. The van der Waals surface area contributed by atoms with Crippen molar-refractivity contribution < 1.29 is 4.79 Å². The molecule has 0 unspecified atom stereocenters. The Morgan fingerprint density at radius 3 is 3.05 bits per heavy atom. The molecule has 0 aromatic carbocycles. The number of hydrogen-bond donors (Lipinski definition) is 1. The molecule has 0 radical (unpaired) electrons. The summed E-state index contributed by atoms with van der Waals surface area (Å²) >= 11 is 0. The fourth-order valence-corrected chi connectivity index (χ4v) is 2.71. The van der Waals surface area contributed by atoms with E-state index in [-0.39, 0.29) is 11.9 Å². The molecule has 1 N–H and O–H groups in total. The lowest BCUT2D eigenvalue weighted by Gasteiger charge is -2.33. The lowest BCUT2D eigenvalue weighted by molar-refractivity contribution is 0.0925. The number of rotatable bonds is 3. The smallest absolute Gasteiger partial charge is 0.268 e. The number of nitrogens with one attached hydrogen (secondary N) is 1. The monoisotopic (exact) mass is 285 g/mol. The molecule has 2 aromatic heterocycles. The van der Waals surface area contributed by atoms with Crippen LogP contribution in [0.4, 0.5) is 5.82 Å². The molecule has 3 heterocycles. The van der Waals surface area contributed by atoms with Gasteiger partial charge in [0.1, 0.15) is 11.5 Å². The summed E-state index contributed by atoms with van der Waals surface area (Å²) in [6, 6.07) is 3.85. The van der Waals surface area contributed by atoms with Crippen LogP contribution in [0, 0.1) is 0 Å². The molecule has 3 rings (SSSR count). The van der Waals surface area contributed by atoms with E-state index in [1.54, 1.807) is 18.6 Å². The molecule has 1 fully saturated rings. The van der Waals surface area contributed by atoms with Crippen molar-refractivity contribution >= 4 is 11.7 Å². The number of hydrogen-bond acceptors (Lipinski definition) is 4. The Morgan fingerprint density at radius 1 is 1.43 bits per heavy atom. The zero-order valence-electron chi connectivity index (χ0n) is 12.1. The van der Waals surface area contributed by atoms with E-state index in [2.05, 4.69) is 20.2 Å². The second-order valence-electron chi connectivity index (χ2n) is 5.33. The predicted octanol–water partition coefficient (Wildman–Crippen LogP) is 1.21. The molecular weight excluding hydrogens is 266 g/mol. The third-order valence-electron chi connectivity index (χ3n) is 3.81. The van der Waals surface area contributed by atoms with Crippen LogP contribution in [-0.2, 0) is 7.05 Å². The largest absolute Gasteiger partial charge is 0.353 e. The fraction of sp³-hybridized carbons (Fsp3) is 0.400. The third-order valence-corrected chi connectivity index (χ3v) is 3.81. The Balaban J connectivity index is 1.64. The van der Waals surface area contributed by atoms with Crippen molar-refractivity contribution in [3.8, 4) is 0 Å². The first-order chi connectivity index (χ1) is 10.2. The zero-order valence-corrected chi connectivity index (χ0v) is 12.1. The third kappa shape index (κ3) is 3.04. The van der Waals surface area contributed by atoms with E-state index in [0.717, 1.165) is 31.7 Å². The second-order valence-corrected chi connectivity index (χ2v) is 5.33. The molecule has 1 amide bonds. The van der Waals surface area contributed by atoms with E-state index in [0.29, 0.717) is 5.69 Å². The van der Waals surface area contributed by atoms with Gasteiger partial charge in [0, 0.05) is 44.8 Å². The van der Waals surface area contributed by atoms with Crippen molar-refractivity contribution in [3.05, 3.63) is 42.6 Å². The van der Waals surface area contributed by atoms with Gasteiger partial charge in [-0.2, -0.15) is 0 Å². The number of amides is 1. The second kappa shape index (κ2) is 5.95. The van der Waals surface area contributed by atoms with Crippen molar-refractivity contribution in [2.75, 3.05) is 18.0 Å². The molecule has 6 heteroatoms. The fourth-order valence-electron chi connectivity index (χ4n) is 2.71. The number of aryl methyl sites for hydroxylation is 1. The van der Waals surface area contributed by atoms with Crippen LogP contribution in [0.25, 0.3) is 0 Å². The molecule has 0 aliphatic carbocycles. The van der Waals surface area contributed by atoms with Gasteiger partial charge >= 0.3 is 0 Å². The van der Waals surface area contributed by atoms with Gasteiger partial charge in [0.15, 0.2) is 0 Å². The average Bonchev–Trinajstić information content (AvgIpc) is 2.95.